The molecular formula is C14H25N3O3S. The third-order valence-corrected chi connectivity index (χ3v) is 6.36. The summed E-state index contributed by atoms with van der Waals surface area (Å²) < 4.78 is 28.6. The molecule has 7 heteroatoms. The number of aliphatic hydroxyl groups is 1. The lowest BCUT2D eigenvalue weighted by Gasteiger charge is -2.17. The van der Waals surface area contributed by atoms with Gasteiger partial charge in [0.2, 0.25) is 10.0 Å². The Kier molecular flexibility index (Phi) is 4.75. The van der Waals surface area contributed by atoms with E-state index in [1.165, 1.54) is 4.31 Å². The molecule has 21 heavy (non-hydrogen) atoms. The lowest BCUT2D eigenvalue weighted by Crippen LogP contribution is -2.30. The molecule has 1 aliphatic rings. The Morgan fingerprint density at radius 3 is 2.57 bits per heavy atom. The van der Waals surface area contributed by atoms with Crippen molar-refractivity contribution in [2.24, 2.45) is 11.8 Å². The molecule has 2 unspecified atom stereocenters. The van der Waals surface area contributed by atoms with Crippen molar-refractivity contribution in [2.45, 2.75) is 45.1 Å². The zero-order valence-electron chi connectivity index (χ0n) is 13.2. The molecule has 1 aromatic heterocycles. The van der Waals surface area contributed by atoms with E-state index in [1.807, 2.05) is 0 Å². The lowest BCUT2D eigenvalue weighted by atomic mass is 10.3. The van der Waals surface area contributed by atoms with E-state index in [1.54, 1.807) is 25.6 Å². The summed E-state index contributed by atoms with van der Waals surface area (Å²) in [6, 6.07) is 0. The maximum Gasteiger partial charge on any atom is 0.246 e. The van der Waals surface area contributed by atoms with Crippen molar-refractivity contribution in [3.8, 4) is 0 Å². The first-order valence-corrected chi connectivity index (χ1v) is 8.84. The number of aliphatic hydroxyl groups excluding tert-OH is 1. The monoisotopic (exact) mass is 315 g/mol. The van der Waals surface area contributed by atoms with Crippen LogP contribution < -0.4 is 0 Å². The summed E-state index contributed by atoms with van der Waals surface area (Å²) in [5.41, 5.74) is 1.18. The Morgan fingerprint density at radius 2 is 2.05 bits per heavy atom. The highest BCUT2D eigenvalue weighted by atomic mass is 32.2. The number of hydrogen-bond donors (Lipinski definition) is 1. The van der Waals surface area contributed by atoms with Gasteiger partial charge in [-0.2, -0.15) is 5.10 Å². The molecule has 1 saturated carbocycles. The summed E-state index contributed by atoms with van der Waals surface area (Å²) in [7, 11) is -1.85. The average molecular weight is 315 g/mol. The van der Waals surface area contributed by atoms with Crippen molar-refractivity contribution in [2.75, 3.05) is 20.2 Å². The van der Waals surface area contributed by atoms with Gasteiger partial charge in [-0.1, -0.05) is 6.92 Å². The van der Waals surface area contributed by atoms with Gasteiger partial charge < -0.3 is 5.11 Å². The number of aryl methyl sites for hydroxylation is 2. The summed E-state index contributed by atoms with van der Waals surface area (Å²) in [6.07, 6.45) is 1.67. The van der Waals surface area contributed by atoms with Gasteiger partial charge in [0.05, 0.1) is 11.4 Å². The zero-order valence-corrected chi connectivity index (χ0v) is 14.0. The highest BCUT2D eigenvalue weighted by molar-refractivity contribution is 7.89. The second-order valence-corrected chi connectivity index (χ2v) is 8.04. The number of rotatable bonds is 7. The van der Waals surface area contributed by atoms with Gasteiger partial charge in [-0.25, -0.2) is 12.7 Å². The zero-order chi connectivity index (χ0) is 15.8. The minimum absolute atomic E-state index is 0.0693. The van der Waals surface area contributed by atoms with E-state index < -0.39 is 10.0 Å². The molecular weight excluding hydrogens is 290 g/mol. The van der Waals surface area contributed by atoms with E-state index in [0.717, 1.165) is 6.42 Å². The Hall–Kier alpha value is -0.920. The highest BCUT2D eigenvalue weighted by Gasteiger charge is 2.37. The molecule has 1 heterocycles. The highest BCUT2D eigenvalue weighted by Crippen LogP contribution is 2.39. The minimum atomic E-state index is -3.50. The summed E-state index contributed by atoms with van der Waals surface area (Å²) >= 11 is 0. The van der Waals surface area contributed by atoms with Crippen LogP contribution in [0.2, 0.25) is 0 Å². The van der Waals surface area contributed by atoms with Gasteiger partial charge in [0.1, 0.15) is 4.90 Å². The summed E-state index contributed by atoms with van der Waals surface area (Å²) in [5.74, 6) is 1.10. The molecule has 0 aliphatic heterocycles. The topological polar surface area (TPSA) is 75.4 Å². The lowest BCUT2D eigenvalue weighted by molar-refractivity contribution is 0.276. The van der Waals surface area contributed by atoms with E-state index in [-0.39, 0.29) is 6.61 Å². The Bertz CT molecular complexity index is 609. The Morgan fingerprint density at radius 1 is 1.43 bits per heavy atom. The largest absolute Gasteiger partial charge is 0.396 e. The van der Waals surface area contributed by atoms with Crippen LogP contribution in [0.4, 0.5) is 0 Å². The fourth-order valence-corrected chi connectivity index (χ4v) is 4.32. The molecule has 2 atom stereocenters. The van der Waals surface area contributed by atoms with Crippen molar-refractivity contribution < 1.29 is 13.5 Å². The predicted molar refractivity (Wildman–Crippen MR) is 80.5 cm³/mol. The maximum atomic E-state index is 12.8. The quantitative estimate of drug-likeness (QED) is 0.819. The van der Waals surface area contributed by atoms with Gasteiger partial charge in [0, 0.05) is 26.7 Å². The average Bonchev–Trinajstić information content (AvgIpc) is 3.00. The van der Waals surface area contributed by atoms with Gasteiger partial charge >= 0.3 is 0 Å². The first-order valence-electron chi connectivity index (χ1n) is 7.40. The van der Waals surface area contributed by atoms with Crippen molar-refractivity contribution >= 4 is 10.0 Å². The Balaban J connectivity index is 2.24. The number of sulfonamides is 1. The second kappa shape index (κ2) is 6.06. The Labute approximate surface area is 126 Å². The smallest absolute Gasteiger partial charge is 0.246 e. The molecule has 1 N–H and O–H groups in total. The first-order chi connectivity index (χ1) is 9.78. The molecule has 1 fully saturated rings. The molecule has 0 spiro atoms. The van der Waals surface area contributed by atoms with Crippen LogP contribution in [0.5, 0.6) is 0 Å². The maximum absolute atomic E-state index is 12.8. The van der Waals surface area contributed by atoms with Crippen LogP contribution in [0.25, 0.3) is 0 Å². The standard InChI is InChI=1S/C14H25N3O3S/c1-10-8-13(10)9-16(4)21(19,20)14-11(2)15-17(12(14)3)6-5-7-18/h10,13,18H,5-9H2,1-4H3. The molecule has 120 valence electrons. The van der Waals surface area contributed by atoms with Crippen LogP contribution in [-0.4, -0.2) is 47.8 Å². The SMILES string of the molecule is Cc1nn(CCCO)c(C)c1S(=O)(=O)N(C)CC1CC1C. The van der Waals surface area contributed by atoms with E-state index in [4.69, 9.17) is 5.11 Å². The van der Waals surface area contributed by atoms with Crippen molar-refractivity contribution in [3.05, 3.63) is 11.4 Å². The molecule has 0 bridgehead atoms. The van der Waals surface area contributed by atoms with Gasteiger partial charge in [0.25, 0.3) is 0 Å². The number of aromatic nitrogens is 2. The minimum Gasteiger partial charge on any atom is -0.396 e. The van der Waals surface area contributed by atoms with Crippen molar-refractivity contribution in [3.63, 3.8) is 0 Å². The van der Waals surface area contributed by atoms with Crippen LogP contribution in [0.3, 0.4) is 0 Å². The van der Waals surface area contributed by atoms with Crippen LogP contribution in [0.15, 0.2) is 4.90 Å². The summed E-state index contributed by atoms with van der Waals surface area (Å²) in [4.78, 5) is 0.316. The molecule has 2 rings (SSSR count). The second-order valence-electron chi connectivity index (χ2n) is 6.06. The first kappa shape index (κ1) is 16.5. The fourth-order valence-electron chi connectivity index (χ4n) is 2.73. The van der Waals surface area contributed by atoms with Crippen molar-refractivity contribution in [1.29, 1.82) is 0 Å². The molecule has 0 radical (unpaired) electrons. The summed E-state index contributed by atoms with van der Waals surface area (Å²) in [5, 5.41) is 13.2. The van der Waals surface area contributed by atoms with E-state index in [2.05, 4.69) is 12.0 Å². The third kappa shape index (κ3) is 3.30. The molecule has 0 amide bonds. The normalized spacial score (nSPS) is 22.0. The third-order valence-electron chi connectivity index (χ3n) is 4.28. The summed E-state index contributed by atoms with van der Waals surface area (Å²) in [6.45, 7) is 6.82. The van der Waals surface area contributed by atoms with E-state index in [9.17, 15) is 8.42 Å². The molecule has 0 saturated heterocycles. The molecule has 0 aromatic carbocycles. The number of nitrogens with zero attached hydrogens (tertiary/aromatic N) is 3. The predicted octanol–water partition coefficient (Wildman–Crippen LogP) is 1.16. The molecule has 1 aromatic rings. The van der Waals surface area contributed by atoms with Crippen LogP contribution in [-0.2, 0) is 16.6 Å². The van der Waals surface area contributed by atoms with Crippen molar-refractivity contribution in [1.82, 2.24) is 14.1 Å². The van der Waals surface area contributed by atoms with Crippen LogP contribution in [0, 0.1) is 25.7 Å². The van der Waals surface area contributed by atoms with Gasteiger partial charge in [-0.05, 0) is 38.5 Å². The van der Waals surface area contributed by atoms with E-state index in [0.29, 0.717) is 47.6 Å². The van der Waals surface area contributed by atoms with Crippen LogP contribution >= 0.6 is 0 Å². The number of hydrogen-bond acceptors (Lipinski definition) is 4. The molecule has 1 aliphatic carbocycles. The van der Waals surface area contributed by atoms with Gasteiger partial charge in [0.15, 0.2) is 0 Å². The van der Waals surface area contributed by atoms with Crippen LogP contribution in [0.1, 0.15) is 31.2 Å². The van der Waals surface area contributed by atoms with Gasteiger partial charge in [-0.15, -0.1) is 0 Å². The molecule has 6 nitrogen and oxygen atoms in total. The fraction of sp³-hybridized carbons (Fsp3) is 0.786. The van der Waals surface area contributed by atoms with Gasteiger partial charge in [-0.3, -0.25) is 4.68 Å². The van der Waals surface area contributed by atoms with E-state index >= 15 is 0 Å².